The molecule has 2 aromatic heterocycles. The van der Waals surface area contributed by atoms with Crippen LogP contribution in [-0.4, -0.2) is 31.7 Å². The lowest BCUT2D eigenvalue weighted by atomic mass is 10.1. The van der Waals surface area contributed by atoms with Crippen molar-refractivity contribution in [1.82, 2.24) is 14.8 Å². The van der Waals surface area contributed by atoms with Crippen LogP contribution in [-0.2, 0) is 0 Å². The van der Waals surface area contributed by atoms with Crippen LogP contribution in [0.3, 0.4) is 0 Å². The molecule has 2 heterocycles. The molecule has 1 amide bonds. The molecule has 0 aliphatic rings. The predicted octanol–water partition coefficient (Wildman–Crippen LogP) is 4.82. The van der Waals surface area contributed by atoms with Crippen LogP contribution < -0.4 is 5.32 Å². The van der Waals surface area contributed by atoms with Gasteiger partial charge >= 0.3 is 5.97 Å². The summed E-state index contributed by atoms with van der Waals surface area (Å²) in [5, 5.41) is 15.6. The van der Waals surface area contributed by atoms with Gasteiger partial charge in [-0.2, -0.15) is 5.10 Å². The first-order chi connectivity index (χ1) is 15.3. The number of amides is 1. The molecule has 4 aromatic rings. The Morgan fingerprint density at radius 3 is 2.44 bits per heavy atom. The van der Waals surface area contributed by atoms with Gasteiger partial charge in [0.05, 0.1) is 16.3 Å². The first kappa shape index (κ1) is 21.1. The summed E-state index contributed by atoms with van der Waals surface area (Å²) < 4.78 is 29.8. The topological polar surface area (TPSA) is 97.1 Å². The van der Waals surface area contributed by atoms with E-state index in [1.54, 1.807) is 30.3 Å². The average molecular weight is 455 g/mol. The molecule has 4 rings (SSSR count). The molecule has 0 radical (unpaired) electrons. The van der Waals surface area contributed by atoms with Gasteiger partial charge in [-0.3, -0.25) is 9.78 Å². The van der Waals surface area contributed by atoms with Crippen LogP contribution in [0.15, 0.2) is 66.9 Å². The average Bonchev–Trinajstić information content (AvgIpc) is 3.19. The van der Waals surface area contributed by atoms with Crippen LogP contribution in [0.4, 0.5) is 14.6 Å². The van der Waals surface area contributed by atoms with Crippen molar-refractivity contribution >= 4 is 29.3 Å². The van der Waals surface area contributed by atoms with Crippen molar-refractivity contribution in [1.29, 1.82) is 0 Å². The third kappa shape index (κ3) is 4.06. The second kappa shape index (κ2) is 8.56. The number of pyridine rings is 1. The Hall–Kier alpha value is -4.11. The number of aromatic carboxylic acids is 1. The van der Waals surface area contributed by atoms with Gasteiger partial charge in [0.2, 0.25) is 0 Å². The smallest absolute Gasteiger partial charge is 0.356 e. The first-order valence-electron chi connectivity index (χ1n) is 9.15. The summed E-state index contributed by atoms with van der Waals surface area (Å²) in [5.74, 6) is -3.64. The number of para-hydroxylation sites is 1. The van der Waals surface area contributed by atoms with Gasteiger partial charge in [0, 0.05) is 17.8 Å². The second-order valence-electron chi connectivity index (χ2n) is 6.57. The Kier molecular flexibility index (Phi) is 5.65. The molecule has 2 N–H and O–H groups in total. The number of nitrogens with zero attached hydrogens (tertiary/aromatic N) is 3. The van der Waals surface area contributed by atoms with Crippen LogP contribution in [0, 0.1) is 11.6 Å². The van der Waals surface area contributed by atoms with E-state index in [-0.39, 0.29) is 33.4 Å². The third-order valence-corrected chi connectivity index (χ3v) is 4.80. The van der Waals surface area contributed by atoms with Crippen LogP contribution in [0.1, 0.15) is 20.8 Å². The molecular formula is C22H13ClF2N4O3. The molecule has 0 fully saturated rings. The third-order valence-electron chi connectivity index (χ3n) is 4.49. The molecule has 160 valence electrons. The zero-order valence-corrected chi connectivity index (χ0v) is 16.8. The van der Waals surface area contributed by atoms with Gasteiger partial charge in [0.1, 0.15) is 23.1 Å². The van der Waals surface area contributed by atoms with Gasteiger partial charge in [-0.1, -0.05) is 29.8 Å². The maximum Gasteiger partial charge on any atom is 0.356 e. The summed E-state index contributed by atoms with van der Waals surface area (Å²) in [6, 6.07) is 14.1. The van der Waals surface area contributed by atoms with Crippen molar-refractivity contribution in [2.75, 3.05) is 5.32 Å². The van der Waals surface area contributed by atoms with Gasteiger partial charge in [0.15, 0.2) is 5.69 Å². The fraction of sp³-hybridized carbons (Fsp3) is 0. The summed E-state index contributed by atoms with van der Waals surface area (Å²) >= 11 is 6.07. The van der Waals surface area contributed by atoms with Crippen molar-refractivity contribution < 1.29 is 23.5 Å². The Morgan fingerprint density at radius 2 is 1.75 bits per heavy atom. The molecule has 32 heavy (non-hydrogen) atoms. The van der Waals surface area contributed by atoms with E-state index in [1.807, 2.05) is 0 Å². The quantitative estimate of drug-likeness (QED) is 0.451. The van der Waals surface area contributed by atoms with E-state index >= 15 is 0 Å². The lowest BCUT2D eigenvalue weighted by Gasteiger charge is -2.11. The molecule has 0 aliphatic heterocycles. The minimum Gasteiger partial charge on any atom is -0.476 e. The zero-order valence-electron chi connectivity index (χ0n) is 16.1. The number of carbonyl (C=O) groups excluding carboxylic acids is 1. The number of nitrogens with one attached hydrogen (secondary N) is 1. The predicted molar refractivity (Wildman–Crippen MR) is 113 cm³/mol. The molecule has 2 aromatic carbocycles. The summed E-state index contributed by atoms with van der Waals surface area (Å²) in [6.07, 6.45) is 1.29. The maximum atomic E-state index is 14.5. The van der Waals surface area contributed by atoms with E-state index in [2.05, 4.69) is 15.4 Å². The first-order valence-corrected chi connectivity index (χ1v) is 9.53. The highest BCUT2D eigenvalue weighted by molar-refractivity contribution is 6.34. The minimum atomic E-state index is -1.29. The number of aromatic nitrogens is 3. The number of hydrogen-bond donors (Lipinski definition) is 2. The number of carboxylic acids is 1. The summed E-state index contributed by atoms with van der Waals surface area (Å²) in [4.78, 5) is 28.2. The molecule has 0 aliphatic carbocycles. The molecule has 0 unspecified atom stereocenters. The van der Waals surface area contributed by atoms with Crippen molar-refractivity contribution in [2.24, 2.45) is 0 Å². The van der Waals surface area contributed by atoms with Gasteiger partial charge in [-0.15, -0.1) is 0 Å². The van der Waals surface area contributed by atoms with E-state index in [1.165, 1.54) is 23.0 Å². The van der Waals surface area contributed by atoms with E-state index < -0.39 is 23.5 Å². The van der Waals surface area contributed by atoms with Gasteiger partial charge in [-0.25, -0.2) is 18.3 Å². The van der Waals surface area contributed by atoms with E-state index in [0.29, 0.717) is 5.69 Å². The molecule has 0 bridgehead atoms. The number of anilines is 1. The summed E-state index contributed by atoms with van der Waals surface area (Å²) in [7, 11) is 0. The van der Waals surface area contributed by atoms with E-state index in [0.717, 1.165) is 18.2 Å². The number of benzene rings is 2. The Balaban J connectivity index is 1.75. The number of carbonyl (C=O) groups is 2. The Bertz CT molecular complexity index is 1340. The van der Waals surface area contributed by atoms with Crippen LogP contribution >= 0.6 is 11.6 Å². The summed E-state index contributed by atoms with van der Waals surface area (Å²) in [6.45, 7) is 0. The lowest BCUT2D eigenvalue weighted by Crippen LogP contribution is -2.16. The van der Waals surface area contributed by atoms with Gasteiger partial charge < -0.3 is 10.4 Å². The summed E-state index contributed by atoms with van der Waals surface area (Å²) in [5.41, 5.74) is -0.494. The highest BCUT2D eigenvalue weighted by atomic mass is 35.5. The fourth-order valence-electron chi connectivity index (χ4n) is 3.01. The van der Waals surface area contributed by atoms with Gasteiger partial charge in [0.25, 0.3) is 5.91 Å². The maximum absolute atomic E-state index is 14.5. The Labute approximate surface area is 184 Å². The van der Waals surface area contributed by atoms with E-state index in [4.69, 9.17) is 11.6 Å². The van der Waals surface area contributed by atoms with Gasteiger partial charge in [-0.05, 0) is 36.4 Å². The molecule has 10 heteroatoms. The SMILES string of the molecule is O=C(O)c1cc(NC(=O)c2cc(-c3ncccc3F)c(F)cc2Cl)n(-c2ccccc2)n1. The largest absolute Gasteiger partial charge is 0.476 e. The highest BCUT2D eigenvalue weighted by Crippen LogP contribution is 2.30. The number of halogens is 3. The van der Waals surface area contributed by atoms with Crippen LogP contribution in [0.25, 0.3) is 16.9 Å². The molecule has 0 atom stereocenters. The highest BCUT2D eigenvalue weighted by Gasteiger charge is 2.21. The monoisotopic (exact) mass is 454 g/mol. The normalized spacial score (nSPS) is 10.7. The minimum absolute atomic E-state index is 0.0459. The van der Waals surface area contributed by atoms with Crippen molar-refractivity contribution in [2.45, 2.75) is 0 Å². The molecule has 0 saturated heterocycles. The van der Waals surface area contributed by atoms with Crippen LogP contribution in [0.5, 0.6) is 0 Å². The second-order valence-corrected chi connectivity index (χ2v) is 6.97. The van der Waals surface area contributed by atoms with Crippen molar-refractivity contribution in [3.05, 3.63) is 94.8 Å². The molecule has 0 spiro atoms. The molecular weight excluding hydrogens is 442 g/mol. The van der Waals surface area contributed by atoms with E-state index in [9.17, 15) is 23.5 Å². The van der Waals surface area contributed by atoms with Crippen LogP contribution in [0.2, 0.25) is 5.02 Å². The number of carboxylic acid groups (broad SMARTS) is 1. The molecule has 7 nitrogen and oxygen atoms in total. The number of hydrogen-bond acceptors (Lipinski definition) is 4. The van der Waals surface area contributed by atoms with Crippen molar-refractivity contribution in [3.8, 4) is 16.9 Å². The Morgan fingerprint density at radius 1 is 1.00 bits per heavy atom. The standard InChI is InChI=1S/C22H13ClF2N4O3/c23-15-10-17(25)14(20-16(24)7-4-8-26-20)9-13(15)21(30)27-19-11-18(22(31)32)28-29(19)12-5-2-1-3-6-12/h1-11H,(H,27,30)(H,31,32). The lowest BCUT2D eigenvalue weighted by molar-refractivity contribution is 0.0689. The van der Waals surface area contributed by atoms with Crippen molar-refractivity contribution in [3.63, 3.8) is 0 Å². The fourth-order valence-corrected chi connectivity index (χ4v) is 3.25. The molecule has 0 saturated carbocycles. The number of rotatable bonds is 5. The zero-order chi connectivity index (χ0) is 22.8.